The van der Waals surface area contributed by atoms with E-state index in [9.17, 15) is 53.2 Å². The van der Waals surface area contributed by atoms with E-state index in [1.165, 1.54) is 0 Å². The zero-order chi connectivity index (χ0) is 32.5. The molecule has 0 saturated carbocycles. The Morgan fingerprint density at radius 2 is 1.67 bits per heavy atom. The third-order valence-corrected chi connectivity index (χ3v) is 9.14. The summed E-state index contributed by atoms with van der Waals surface area (Å²) < 4.78 is 57.9. The number of carbonyl (C=O) groups excluding carboxylic acids is 1. The van der Waals surface area contributed by atoms with E-state index < -0.39 is 91.0 Å². The summed E-state index contributed by atoms with van der Waals surface area (Å²) in [5, 5.41) is 39.2. The zero-order valence-corrected chi connectivity index (χ0v) is 23.5. The van der Waals surface area contributed by atoms with E-state index in [0.717, 1.165) is 17.2 Å². The fraction of sp³-hybridized carbons (Fsp3) is 0.500. The Bertz CT molecular complexity index is 1550. The number of rotatable bonds is 14. The number of nitrogen functional groups attached to an aromatic ring is 1. The van der Waals surface area contributed by atoms with Crippen LogP contribution in [0.5, 0.6) is 0 Å². The minimum atomic E-state index is -5.92. The van der Waals surface area contributed by atoms with Gasteiger partial charge in [0.15, 0.2) is 29.4 Å². The number of anilines is 1. The molecule has 240 valence electrons. The first kappa shape index (κ1) is 34.5. The Labute approximate surface area is 237 Å². The molecule has 1 fully saturated rings. The Balaban J connectivity index is 1.88. The van der Waals surface area contributed by atoms with Crippen molar-refractivity contribution in [2.45, 2.75) is 43.0 Å². The molecule has 7 atom stereocenters. The van der Waals surface area contributed by atoms with Gasteiger partial charge in [0.1, 0.15) is 24.1 Å². The quantitative estimate of drug-likeness (QED) is 0.0741. The molecule has 1 saturated heterocycles. The van der Waals surface area contributed by atoms with Gasteiger partial charge in [-0.3, -0.25) is 18.7 Å². The number of phosphoric acid groups is 3. The Kier molecular flexibility index (Phi) is 10.1. The van der Waals surface area contributed by atoms with Crippen LogP contribution < -0.4 is 5.73 Å². The van der Waals surface area contributed by atoms with Crippen LogP contribution in [0.2, 0.25) is 0 Å². The lowest BCUT2D eigenvalue weighted by molar-refractivity contribution is -0.176. The standard InChI is InChI=1S/C16H22N5O19P3/c17-12-9-13(19-4-18-12)21(5-20-9)14-10(25)11(38-8(24)2-16(28,15(26)27)1-7(22)23)6(37-14)3-36-42(32,33)40-43(34,35)39-41(29,30)31/h4-6,10-11,14,25,28H,1-3H2,(H,22,23)(H,26,27)(H,32,33)(H,34,35)(H2,17,18,19)(H2,29,30,31)/t6-,10-,11-,14-,16?/m1/s1. The number of aliphatic hydroxyl groups excluding tert-OH is 1. The van der Waals surface area contributed by atoms with Crippen LogP contribution in [-0.4, -0.2) is 108 Å². The van der Waals surface area contributed by atoms with Gasteiger partial charge < -0.3 is 55.2 Å². The molecule has 3 heterocycles. The summed E-state index contributed by atoms with van der Waals surface area (Å²) in [6.45, 7) is -1.25. The fourth-order valence-corrected chi connectivity index (χ4v) is 6.68. The molecule has 27 heteroatoms. The van der Waals surface area contributed by atoms with Crippen molar-refractivity contribution in [1.82, 2.24) is 19.5 Å². The highest BCUT2D eigenvalue weighted by Gasteiger charge is 2.51. The molecule has 24 nitrogen and oxygen atoms in total. The van der Waals surface area contributed by atoms with Gasteiger partial charge in [-0.2, -0.15) is 8.62 Å². The maximum Gasteiger partial charge on any atom is 0.490 e. The molecule has 1 aliphatic rings. The summed E-state index contributed by atoms with van der Waals surface area (Å²) >= 11 is 0. The summed E-state index contributed by atoms with van der Waals surface area (Å²) in [6.07, 6.45) is -8.25. The topological polar surface area (TPSA) is 380 Å². The number of carbonyl (C=O) groups is 3. The minimum absolute atomic E-state index is 0.0174. The minimum Gasteiger partial charge on any atom is -0.481 e. The maximum atomic E-state index is 12.6. The number of aliphatic carboxylic acids is 2. The van der Waals surface area contributed by atoms with E-state index in [2.05, 4.69) is 28.1 Å². The molecule has 0 amide bonds. The highest BCUT2D eigenvalue weighted by molar-refractivity contribution is 7.66. The molecular formula is C16H22N5O19P3. The largest absolute Gasteiger partial charge is 0.490 e. The van der Waals surface area contributed by atoms with E-state index >= 15 is 0 Å². The lowest BCUT2D eigenvalue weighted by Crippen LogP contribution is -2.45. The van der Waals surface area contributed by atoms with Crippen LogP contribution in [0.15, 0.2) is 12.7 Å². The van der Waals surface area contributed by atoms with Gasteiger partial charge in [-0.15, -0.1) is 0 Å². The zero-order valence-electron chi connectivity index (χ0n) is 20.9. The lowest BCUT2D eigenvalue weighted by atomic mass is 9.96. The second-order valence-electron chi connectivity index (χ2n) is 8.56. The van der Waals surface area contributed by atoms with E-state index in [0.29, 0.717) is 0 Å². The van der Waals surface area contributed by atoms with Crippen molar-refractivity contribution < 1.29 is 90.7 Å². The summed E-state index contributed by atoms with van der Waals surface area (Å²) in [5.74, 6) is -5.62. The second-order valence-corrected chi connectivity index (χ2v) is 13.0. The average molecular weight is 681 g/mol. The van der Waals surface area contributed by atoms with Crippen LogP contribution >= 0.6 is 23.5 Å². The number of aromatic nitrogens is 4. The number of fused-ring (bicyclic) bond motifs is 1. The molecular weight excluding hydrogens is 659 g/mol. The highest BCUT2D eigenvalue weighted by Crippen LogP contribution is 2.66. The first-order valence-corrected chi connectivity index (χ1v) is 15.6. The van der Waals surface area contributed by atoms with Gasteiger partial charge >= 0.3 is 41.4 Å². The highest BCUT2D eigenvalue weighted by atomic mass is 31.3. The lowest BCUT2D eigenvalue weighted by Gasteiger charge is -2.24. The van der Waals surface area contributed by atoms with Crippen molar-refractivity contribution in [1.29, 1.82) is 0 Å². The van der Waals surface area contributed by atoms with Crippen molar-refractivity contribution in [3.05, 3.63) is 12.7 Å². The van der Waals surface area contributed by atoms with E-state index in [1.807, 2.05) is 0 Å². The van der Waals surface area contributed by atoms with Crippen LogP contribution in [0.1, 0.15) is 19.1 Å². The van der Waals surface area contributed by atoms with E-state index in [-0.39, 0.29) is 17.0 Å². The third kappa shape index (κ3) is 8.80. The Morgan fingerprint density at radius 1 is 1.02 bits per heavy atom. The molecule has 2 aromatic heterocycles. The smallest absolute Gasteiger partial charge is 0.481 e. The molecule has 3 unspecified atom stereocenters. The van der Waals surface area contributed by atoms with Gasteiger partial charge in [0.25, 0.3) is 0 Å². The summed E-state index contributed by atoms with van der Waals surface area (Å²) in [7, 11) is -17.4. The number of nitrogens with zero attached hydrogens (tertiary/aromatic N) is 4. The van der Waals surface area contributed by atoms with E-state index in [4.69, 9.17) is 30.1 Å². The Morgan fingerprint density at radius 3 is 2.26 bits per heavy atom. The maximum absolute atomic E-state index is 12.6. The SMILES string of the molecule is Nc1ncnc2c1ncn2[C@@H]1O[C@H](COP(=O)(O)OP(=O)(O)OP(=O)(O)O)[C@@H](OC(=O)CC(O)(CC(=O)O)C(=O)O)[C@H]1O. The molecule has 2 aromatic rings. The van der Waals surface area contributed by atoms with E-state index in [1.54, 1.807) is 0 Å². The van der Waals surface area contributed by atoms with Crippen molar-refractivity contribution in [2.24, 2.45) is 0 Å². The fourth-order valence-electron chi connectivity index (χ4n) is 3.65. The second kappa shape index (κ2) is 12.6. The third-order valence-electron chi connectivity index (χ3n) is 5.33. The number of esters is 1. The monoisotopic (exact) mass is 681 g/mol. The molecule has 0 aromatic carbocycles. The van der Waals surface area contributed by atoms with Crippen molar-refractivity contribution >= 4 is 58.4 Å². The number of hydrogen-bond donors (Lipinski definition) is 9. The van der Waals surface area contributed by atoms with Crippen LogP contribution in [0.25, 0.3) is 11.2 Å². The van der Waals surface area contributed by atoms with Crippen molar-refractivity contribution in [3.8, 4) is 0 Å². The number of nitrogens with two attached hydrogens (primary N) is 1. The number of aliphatic hydroxyl groups is 2. The van der Waals surface area contributed by atoms with Crippen molar-refractivity contribution in [3.63, 3.8) is 0 Å². The molecule has 10 N–H and O–H groups in total. The van der Waals surface area contributed by atoms with Crippen LogP contribution in [0.4, 0.5) is 5.82 Å². The predicted octanol–water partition coefficient (Wildman–Crippen LogP) is -2.40. The van der Waals surface area contributed by atoms with Crippen LogP contribution in [0.3, 0.4) is 0 Å². The molecule has 43 heavy (non-hydrogen) atoms. The van der Waals surface area contributed by atoms with Gasteiger partial charge in [0.05, 0.1) is 25.8 Å². The summed E-state index contributed by atoms with van der Waals surface area (Å²) in [5.41, 5.74) is 2.53. The van der Waals surface area contributed by atoms with Crippen LogP contribution in [0, 0.1) is 0 Å². The molecule has 0 aliphatic carbocycles. The number of imidazole rings is 1. The van der Waals surface area contributed by atoms with Gasteiger partial charge in [0, 0.05) is 0 Å². The van der Waals surface area contributed by atoms with Gasteiger partial charge in [0.2, 0.25) is 0 Å². The number of carboxylic acid groups (broad SMARTS) is 2. The summed E-state index contributed by atoms with van der Waals surface area (Å²) in [6, 6.07) is 0. The van der Waals surface area contributed by atoms with Crippen molar-refractivity contribution in [2.75, 3.05) is 12.3 Å². The molecule has 0 spiro atoms. The molecule has 0 bridgehead atoms. The number of ether oxygens (including phenoxy) is 2. The Hall–Kier alpha value is -2.95. The number of phosphoric ester groups is 1. The number of carboxylic acids is 2. The summed E-state index contributed by atoms with van der Waals surface area (Å²) in [4.78, 5) is 82.9. The number of hydrogen-bond acceptors (Lipinski definition) is 17. The normalized spacial score (nSPS) is 25.0. The molecule has 3 rings (SSSR count). The van der Waals surface area contributed by atoms with Crippen LogP contribution in [-0.2, 0) is 50.7 Å². The first-order chi connectivity index (χ1) is 19.6. The predicted molar refractivity (Wildman–Crippen MR) is 129 cm³/mol. The first-order valence-electron chi connectivity index (χ1n) is 11.0. The van der Waals surface area contributed by atoms with Gasteiger partial charge in [-0.25, -0.2) is 33.4 Å². The average Bonchev–Trinajstić information content (AvgIpc) is 3.37. The molecule has 1 aliphatic heterocycles. The van der Waals surface area contributed by atoms with Gasteiger partial charge in [-0.1, -0.05) is 0 Å². The molecule has 0 radical (unpaired) electrons. The van der Waals surface area contributed by atoms with Gasteiger partial charge in [-0.05, 0) is 0 Å².